The van der Waals surface area contributed by atoms with Crippen molar-refractivity contribution in [3.05, 3.63) is 46.2 Å². The zero-order valence-corrected chi connectivity index (χ0v) is 10.1. The fraction of sp³-hybridized carbons (Fsp3) is 0.167. The number of alkyl halides is 3. The average Bonchev–Trinajstić information content (AvgIpc) is 2.79. The molecule has 18 heavy (non-hydrogen) atoms. The van der Waals surface area contributed by atoms with Gasteiger partial charge in [0.1, 0.15) is 0 Å². The molecule has 0 aliphatic rings. The molecule has 0 saturated carbocycles. The SMILES string of the molecule is Nc1cc(C(F)(F)F)ccc1NCc1cccs1. The second-order valence-corrected chi connectivity index (χ2v) is 4.76. The number of rotatable bonds is 3. The summed E-state index contributed by atoms with van der Waals surface area (Å²) in [5.41, 5.74) is 5.47. The van der Waals surface area contributed by atoms with Crippen LogP contribution >= 0.6 is 11.3 Å². The molecular weight excluding hydrogens is 261 g/mol. The first-order chi connectivity index (χ1) is 8.47. The van der Waals surface area contributed by atoms with Crippen molar-refractivity contribution in [2.75, 3.05) is 11.1 Å². The molecule has 0 fully saturated rings. The third kappa shape index (κ3) is 2.95. The molecule has 0 aliphatic heterocycles. The molecule has 0 spiro atoms. The van der Waals surface area contributed by atoms with Crippen molar-refractivity contribution in [2.24, 2.45) is 0 Å². The molecule has 2 aromatic rings. The highest BCUT2D eigenvalue weighted by Crippen LogP contribution is 2.32. The van der Waals surface area contributed by atoms with E-state index in [1.54, 1.807) is 11.3 Å². The highest BCUT2D eigenvalue weighted by atomic mass is 32.1. The van der Waals surface area contributed by atoms with Crippen molar-refractivity contribution in [2.45, 2.75) is 12.7 Å². The number of thiophene rings is 1. The van der Waals surface area contributed by atoms with Gasteiger partial charge in [0.25, 0.3) is 0 Å². The van der Waals surface area contributed by atoms with Crippen LogP contribution in [0.3, 0.4) is 0 Å². The largest absolute Gasteiger partial charge is 0.416 e. The van der Waals surface area contributed by atoms with Crippen molar-refractivity contribution in [3.63, 3.8) is 0 Å². The van der Waals surface area contributed by atoms with Crippen LogP contribution in [-0.2, 0) is 12.7 Å². The molecule has 2 nitrogen and oxygen atoms in total. The van der Waals surface area contributed by atoms with Crippen molar-refractivity contribution in [1.82, 2.24) is 0 Å². The van der Waals surface area contributed by atoms with Crippen LogP contribution in [0.4, 0.5) is 24.5 Å². The van der Waals surface area contributed by atoms with E-state index in [2.05, 4.69) is 5.32 Å². The quantitative estimate of drug-likeness (QED) is 0.830. The molecule has 3 N–H and O–H groups in total. The first-order valence-corrected chi connectivity index (χ1v) is 6.08. The first-order valence-electron chi connectivity index (χ1n) is 5.20. The number of hydrogen-bond acceptors (Lipinski definition) is 3. The molecule has 1 aromatic heterocycles. The second kappa shape index (κ2) is 4.89. The van der Waals surface area contributed by atoms with Crippen molar-refractivity contribution >= 4 is 22.7 Å². The Morgan fingerprint density at radius 3 is 2.56 bits per heavy atom. The third-order valence-electron chi connectivity index (χ3n) is 2.41. The molecule has 1 aromatic carbocycles. The van der Waals surface area contributed by atoms with E-state index >= 15 is 0 Å². The molecular formula is C12H11F3N2S. The van der Waals surface area contributed by atoms with Crippen LogP contribution in [-0.4, -0.2) is 0 Å². The standard InChI is InChI=1S/C12H11F3N2S/c13-12(14,15)8-3-4-11(10(16)6-8)17-7-9-2-1-5-18-9/h1-6,17H,7,16H2. The van der Waals surface area contributed by atoms with Crippen LogP contribution in [0, 0.1) is 0 Å². The van der Waals surface area contributed by atoms with E-state index in [0.29, 0.717) is 12.2 Å². The minimum absolute atomic E-state index is 0.0985. The molecule has 0 bridgehead atoms. The maximum Gasteiger partial charge on any atom is 0.416 e. The fourth-order valence-corrected chi connectivity index (χ4v) is 2.14. The van der Waals surface area contributed by atoms with Crippen LogP contribution < -0.4 is 11.1 Å². The summed E-state index contributed by atoms with van der Waals surface area (Å²) in [5.74, 6) is 0. The minimum atomic E-state index is -4.36. The number of nitrogens with one attached hydrogen (secondary N) is 1. The van der Waals surface area contributed by atoms with Gasteiger partial charge < -0.3 is 11.1 Å². The van der Waals surface area contributed by atoms with Gasteiger partial charge in [-0.25, -0.2) is 0 Å². The monoisotopic (exact) mass is 272 g/mol. The Labute approximate surface area is 106 Å². The van der Waals surface area contributed by atoms with Gasteiger partial charge in [-0.2, -0.15) is 13.2 Å². The van der Waals surface area contributed by atoms with Gasteiger partial charge in [-0.05, 0) is 29.6 Å². The van der Waals surface area contributed by atoms with Crippen LogP contribution in [0.15, 0.2) is 35.7 Å². The normalized spacial score (nSPS) is 11.5. The van der Waals surface area contributed by atoms with Gasteiger partial charge in [0.05, 0.1) is 16.9 Å². The number of halogens is 3. The van der Waals surface area contributed by atoms with Crippen molar-refractivity contribution in [3.8, 4) is 0 Å². The molecule has 0 radical (unpaired) electrons. The smallest absolute Gasteiger partial charge is 0.397 e. The summed E-state index contributed by atoms with van der Waals surface area (Å²) in [6.45, 7) is 0.549. The van der Waals surface area contributed by atoms with Gasteiger partial charge in [0.2, 0.25) is 0 Å². The number of benzene rings is 1. The maximum absolute atomic E-state index is 12.4. The van der Waals surface area contributed by atoms with Gasteiger partial charge >= 0.3 is 6.18 Å². The Bertz CT molecular complexity index is 521. The van der Waals surface area contributed by atoms with Crippen LogP contribution in [0.25, 0.3) is 0 Å². The molecule has 0 aliphatic carbocycles. The van der Waals surface area contributed by atoms with Crippen LogP contribution in [0.5, 0.6) is 0 Å². The maximum atomic E-state index is 12.4. The Kier molecular flexibility index (Phi) is 3.47. The lowest BCUT2D eigenvalue weighted by Gasteiger charge is -2.12. The van der Waals surface area contributed by atoms with Gasteiger partial charge in [0, 0.05) is 11.4 Å². The van der Waals surface area contributed by atoms with Gasteiger partial charge in [0.15, 0.2) is 0 Å². The van der Waals surface area contributed by atoms with Crippen molar-refractivity contribution in [1.29, 1.82) is 0 Å². The summed E-state index contributed by atoms with van der Waals surface area (Å²) in [7, 11) is 0. The number of nitrogens with two attached hydrogens (primary N) is 1. The lowest BCUT2D eigenvalue weighted by atomic mass is 10.1. The number of hydrogen-bond donors (Lipinski definition) is 2. The lowest BCUT2D eigenvalue weighted by Crippen LogP contribution is -2.07. The first kappa shape index (κ1) is 12.8. The van der Waals surface area contributed by atoms with E-state index in [1.807, 2.05) is 17.5 Å². The van der Waals surface area contributed by atoms with Gasteiger partial charge in [-0.15, -0.1) is 11.3 Å². The van der Waals surface area contributed by atoms with E-state index in [0.717, 1.165) is 17.0 Å². The molecule has 6 heteroatoms. The predicted octanol–water partition coefficient (Wildman–Crippen LogP) is 3.96. The summed E-state index contributed by atoms with van der Waals surface area (Å²) in [6.07, 6.45) is -4.36. The summed E-state index contributed by atoms with van der Waals surface area (Å²) in [6, 6.07) is 7.17. The van der Waals surface area contributed by atoms with Crippen molar-refractivity contribution < 1.29 is 13.2 Å². The summed E-state index contributed by atoms with van der Waals surface area (Å²) < 4.78 is 37.3. The molecule has 0 saturated heterocycles. The second-order valence-electron chi connectivity index (χ2n) is 3.73. The van der Waals surface area contributed by atoms with E-state index < -0.39 is 11.7 Å². The highest BCUT2D eigenvalue weighted by molar-refractivity contribution is 7.09. The highest BCUT2D eigenvalue weighted by Gasteiger charge is 2.30. The summed E-state index contributed by atoms with van der Waals surface area (Å²) >= 11 is 1.57. The molecule has 0 unspecified atom stereocenters. The van der Waals surface area contributed by atoms with Gasteiger partial charge in [-0.1, -0.05) is 6.07 Å². The Hall–Kier alpha value is -1.69. The number of anilines is 2. The molecule has 0 atom stereocenters. The Morgan fingerprint density at radius 2 is 2.00 bits per heavy atom. The van der Waals surface area contributed by atoms with E-state index in [4.69, 9.17) is 5.73 Å². The predicted molar refractivity (Wildman–Crippen MR) is 67.5 cm³/mol. The van der Waals surface area contributed by atoms with Crippen LogP contribution in [0.2, 0.25) is 0 Å². The zero-order valence-electron chi connectivity index (χ0n) is 9.29. The topological polar surface area (TPSA) is 38.0 Å². The number of nitrogen functional groups attached to an aromatic ring is 1. The fourth-order valence-electron chi connectivity index (χ4n) is 1.50. The molecule has 1 heterocycles. The van der Waals surface area contributed by atoms with E-state index in [-0.39, 0.29) is 5.69 Å². The van der Waals surface area contributed by atoms with E-state index in [1.165, 1.54) is 6.07 Å². The summed E-state index contributed by atoms with van der Waals surface area (Å²) in [5, 5.41) is 4.95. The average molecular weight is 272 g/mol. The van der Waals surface area contributed by atoms with Crippen LogP contribution in [0.1, 0.15) is 10.4 Å². The van der Waals surface area contributed by atoms with E-state index in [9.17, 15) is 13.2 Å². The van der Waals surface area contributed by atoms with Gasteiger partial charge in [-0.3, -0.25) is 0 Å². The Balaban J connectivity index is 2.10. The minimum Gasteiger partial charge on any atom is -0.397 e. The third-order valence-corrected chi connectivity index (χ3v) is 3.29. The Morgan fingerprint density at radius 1 is 1.22 bits per heavy atom. The lowest BCUT2D eigenvalue weighted by molar-refractivity contribution is -0.137. The summed E-state index contributed by atoms with van der Waals surface area (Å²) in [4.78, 5) is 1.09. The molecule has 0 amide bonds. The zero-order chi connectivity index (χ0) is 13.2. The molecule has 96 valence electrons. The molecule has 2 rings (SSSR count).